The number of aliphatic hydroxyl groups is 1. The molecule has 4 aromatic rings. The van der Waals surface area contributed by atoms with Crippen molar-refractivity contribution in [3.63, 3.8) is 0 Å². The number of furan rings is 1. The largest absolute Gasteiger partial charge is 0.463 e. The van der Waals surface area contributed by atoms with Crippen molar-refractivity contribution in [2.45, 2.75) is 37.3 Å². The average Bonchev–Trinajstić information content (AvgIpc) is 3.75. The molecule has 6 atom stereocenters. The third-order valence-corrected chi connectivity index (χ3v) is 10.9. The first-order valence-corrected chi connectivity index (χ1v) is 16.6. The second-order valence-electron chi connectivity index (χ2n) is 13.1. The molecule has 4 amide bonds. The summed E-state index contributed by atoms with van der Waals surface area (Å²) < 4.78 is 20.0. The number of halogens is 2. The number of hydrogen-bond donors (Lipinski definition) is 2. The van der Waals surface area contributed by atoms with E-state index in [1.807, 2.05) is 36.4 Å². The van der Waals surface area contributed by atoms with Crippen LogP contribution < -0.4 is 5.43 Å². The Kier molecular flexibility index (Phi) is 7.53. The van der Waals surface area contributed by atoms with Crippen LogP contribution in [0.25, 0.3) is 0 Å². The number of benzene rings is 3. The number of hydrazine groups is 1. The number of fused-ring (bicyclic) bond motifs is 4. The summed E-state index contributed by atoms with van der Waals surface area (Å²) >= 11 is 6.32. The van der Waals surface area contributed by atoms with Crippen LogP contribution in [-0.4, -0.2) is 38.6 Å². The normalized spacial score (nSPS) is 27.6. The monoisotopic (exact) mass is 679 g/mol. The molecule has 4 aliphatic rings. The molecule has 0 radical (unpaired) electrons. The van der Waals surface area contributed by atoms with E-state index in [0.717, 1.165) is 16.1 Å². The molecule has 2 N–H and O–H groups in total. The average molecular weight is 680 g/mol. The highest BCUT2D eigenvalue weighted by atomic mass is 35.5. The lowest BCUT2D eigenvalue weighted by Crippen LogP contribution is -2.53. The van der Waals surface area contributed by atoms with Gasteiger partial charge in [-0.15, -0.1) is 0 Å². The Morgan fingerprint density at radius 3 is 2.31 bits per heavy atom. The summed E-state index contributed by atoms with van der Waals surface area (Å²) in [5.41, 5.74) is 3.78. The number of allylic oxidation sites excluding steroid dienone is 2. The molecular formula is C38H31ClFN3O6. The van der Waals surface area contributed by atoms with Crippen LogP contribution in [0.3, 0.4) is 0 Å². The number of aliphatic hydroxyl groups excluding tert-OH is 1. The number of carbonyl (C=O) groups excluding carboxylic acids is 4. The van der Waals surface area contributed by atoms with Crippen molar-refractivity contribution in [2.24, 2.45) is 23.7 Å². The molecule has 8 rings (SSSR count). The van der Waals surface area contributed by atoms with Gasteiger partial charge in [0, 0.05) is 5.02 Å². The molecule has 0 spiro atoms. The first-order chi connectivity index (χ1) is 23.7. The van der Waals surface area contributed by atoms with Crippen LogP contribution in [0.5, 0.6) is 0 Å². The summed E-state index contributed by atoms with van der Waals surface area (Å²) in [4.78, 5) is 59.1. The standard InChI is InChI=1S/C38H31ClFN3O6/c39-23-8-6-22(7-9-23)38-30(35(46)43(37(38)48)41-25-12-10-24(40)11-13-25)18-29-27(33(38)31-17-14-26(20-44)49-31)15-16-28-32(29)36(47)42(34(28)45)19-21-4-2-1-3-5-21/h1-15,17,28-30,32-33,41,44H,16,18-20H2. The van der Waals surface area contributed by atoms with Crippen LogP contribution >= 0.6 is 11.6 Å². The van der Waals surface area contributed by atoms with E-state index in [1.54, 1.807) is 36.4 Å². The maximum Gasteiger partial charge on any atom is 0.260 e. The van der Waals surface area contributed by atoms with Gasteiger partial charge in [0.25, 0.3) is 11.8 Å². The number of hydrogen-bond acceptors (Lipinski definition) is 7. The summed E-state index contributed by atoms with van der Waals surface area (Å²) in [5, 5.41) is 11.4. The van der Waals surface area contributed by atoms with Gasteiger partial charge in [0.05, 0.1) is 35.9 Å². The number of likely N-dealkylation sites (tertiary alicyclic amines) is 1. The van der Waals surface area contributed by atoms with Crippen molar-refractivity contribution in [3.05, 3.63) is 136 Å². The van der Waals surface area contributed by atoms with Gasteiger partial charge in [-0.3, -0.25) is 29.5 Å². The van der Waals surface area contributed by atoms with E-state index in [1.165, 1.54) is 29.2 Å². The zero-order valence-corrected chi connectivity index (χ0v) is 26.8. The van der Waals surface area contributed by atoms with Gasteiger partial charge in [-0.2, -0.15) is 5.01 Å². The molecule has 248 valence electrons. The Balaban J connectivity index is 1.28. The Hall–Kier alpha value is -5.06. The van der Waals surface area contributed by atoms with E-state index in [2.05, 4.69) is 5.43 Å². The topological polar surface area (TPSA) is 120 Å². The van der Waals surface area contributed by atoms with Gasteiger partial charge >= 0.3 is 0 Å². The second kappa shape index (κ2) is 11.8. The van der Waals surface area contributed by atoms with Gasteiger partial charge in [0.15, 0.2) is 0 Å². The number of carbonyl (C=O) groups is 4. The fourth-order valence-electron chi connectivity index (χ4n) is 8.59. The Morgan fingerprint density at radius 1 is 0.878 bits per heavy atom. The summed E-state index contributed by atoms with van der Waals surface area (Å²) in [6, 6.07) is 24.7. The van der Waals surface area contributed by atoms with Crippen LogP contribution in [0.4, 0.5) is 10.1 Å². The first-order valence-electron chi connectivity index (χ1n) is 16.2. The van der Waals surface area contributed by atoms with Gasteiger partial charge in [-0.25, -0.2) is 4.39 Å². The lowest BCUT2D eigenvalue weighted by molar-refractivity contribution is -0.142. The SMILES string of the molecule is O=C1C2CC=C3C(CC4C(=O)N(Nc5ccc(F)cc5)C(=O)C4(c4ccc(Cl)cc4)C3c3ccc(CO)o3)C2C(=O)N1Cc1ccccc1. The molecule has 3 heterocycles. The molecule has 2 saturated heterocycles. The van der Waals surface area contributed by atoms with Gasteiger partial charge < -0.3 is 9.52 Å². The molecule has 2 aliphatic carbocycles. The van der Waals surface area contributed by atoms with Crippen molar-refractivity contribution in [1.82, 2.24) is 9.91 Å². The van der Waals surface area contributed by atoms with Crippen molar-refractivity contribution >= 4 is 40.9 Å². The molecule has 2 aliphatic heterocycles. The fourth-order valence-corrected chi connectivity index (χ4v) is 8.71. The number of amides is 4. The summed E-state index contributed by atoms with van der Waals surface area (Å²) in [7, 11) is 0. The quantitative estimate of drug-likeness (QED) is 0.189. The van der Waals surface area contributed by atoms with E-state index in [9.17, 15) is 23.9 Å². The van der Waals surface area contributed by atoms with Gasteiger partial charge in [0.1, 0.15) is 29.4 Å². The highest BCUT2D eigenvalue weighted by Gasteiger charge is 2.71. The summed E-state index contributed by atoms with van der Waals surface area (Å²) in [5.74, 6) is -5.27. The molecule has 6 unspecified atom stereocenters. The molecule has 1 saturated carbocycles. The summed E-state index contributed by atoms with van der Waals surface area (Å²) in [6.45, 7) is -0.246. The minimum Gasteiger partial charge on any atom is -0.463 e. The third-order valence-electron chi connectivity index (χ3n) is 10.7. The minimum absolute atomic E-state index is 0.115. The van der Waals surface area contributed by atoms with Crippen molar-refractivity contribution < 1.29 is 33.1 Å². The number of nitrogens with zero attached hydrogens (tertiary/aromatic N) is 2. The van der Waals surface area contributed by atoms with Crippen LogP contribution in [0.15, 0.2) is 107 Å². The highest BCUT2D eigenvalue weighted by Crippen LogP contribution is 2.64. The van der Waals surface area contributed by atoms with Crippen LogP contribution in [0, 0.1) is 29.5 Å². The van der Waals surface area contributed by atoms with Gasteiger partial charge in [-0.05, 0) is 78.4 Å². The first kappa shape index (κ1) is 31.2. The zero-order chi connectivity index (χ0) is 34.0. The van der Waals surface area contributed by atoms with E-state index < -0.39 is 52.6 Å². The van der Waals surface area contributed by atoms with E-state index >= 15 is 4.79 Å². The Morgan fingerprint density at radius 2 is 1.61 bits per heavy atom. The molecule has 3 aromatic carbocycles. The molecule has 49 heavy (non-hydrogen) atoms. The lowest BCUT2D eigenvalue weighted by Gasteiger charge is -2.49. The lowest BCUT2D eigenvalue weighted by atomic mass is 9.50. The van der Waals surface area contributed by atoms with Crippen LogP contribution in [-0.2, 0) is 37.7 Å². The molecule has 9 nitrogen and oxygen atoms in total. The predicted octanol–water partition coefficient (Wildman–Crippen LogP) is 5.75. The number of nitrogens with one attached hydrogen (secondary N) is 1. The Bertz CT molecular complexity index is 2010. The number of anilines is 1. The minimum atomic E-state index is -1.55. The van der Waals surface area contributed by atoms with Crippen LogP contribution in [0.1, 0.15) is 41.4 Å². The predicted molar refractivity (Wildman–Crippen MR) is 176 cm³/mol. The molecule has 0 bridgehead atoms. The smallest absolute Gasteiger partial charge is 0.260 e. The summed E-state index contributed by atoms with van der Waals surface area (Å²) in [6.07, 6.45) is 2.33. The molecular weight excluding hydrogens is 649 g/mol. The zero-order valence-electron chi connectivity index (χ0n) is 26.1. The Labute approximate surface area is 285 Å². The van der Waals surface area contributed by atoms with Crippen LogP contribution in [0.2, 0.25) is 5.02 Å². The molecule has 11 heteroatoms. The third kappa shape index (κ3) is 4.76. The molecule has 3 fully saturated rings. The number of rotatable bonds is 7. The van der Waals surface area contributed by atoms with Gasteiger partial charge in [0.2, 0.25) is 11.8 Å². The van der Waals surface area contributed by atoms with E-state index in [0.29, 0.717) is 22.0 Å². The maximum absolute atomic E-state index is 15.1. The van der Waals surface area contributed by atoms with Gasteiger partial charge in [-0.1, -0.05) is 65.7 Å². The van der Waals surface area contributed by atoms with E-state index in [-0.39, 0.29) is 43.6 Å². The van der Waals surface area contributed by atoms with Crippen molar-refractivity contribution in [1.29, 1.82) is 0 Å². The second-order valence-corrected chi connectivity index (χ2v) is 13.5. The van der Waals surface area contributed by atoms with Crippen molar-refractivity contribution in [2.75, 3.05) is 5.43 Å². The maximum atomic E-state index is 15.1. The number of imide groups is 2. The fraction of sp³-hybridized carbons (Fsp3) is 0.263. The van der Waals surface area contributed by atoms with Crippen molar-refractivity contribution in [3.8, 4) is 0 Å². The highest BCUT2D eigenvalue weighted by molar-refractivity contribution is 6.30. The van der Waals surface area contributed by atoms with E-state index in [4.69, 9.17) is 16.0 Å². The molecule has 1 aromatic heterocycles.